The Kier molecular flexibility index (Phi) is 5.46. The van der Waals surface area contributed by atoms with Crippen molar-refractivity contribution in [3.63, 3.8) is 0 Å². The number of nitrogens with zero attached hydrogens (tertiary/aromatic N) is 5. The third kappa shape index (κ3) is 3.94. The fourth-order valence-electron chi connectivity index (χ4n) is 5.62. The Hall–Kier alpha value is -3.77. The van der Waals surface area contributed by atoms with Gasteiger partial charge in [-0.05, 0) is 32.4 Å². The predicted octanol–water partition coefficient (Wildman–Crippen LogP) is 3.70. The highest BCUT2D eigenvalue weighted by atomic mass is 15.4. The molecule has 1 fully saturated rings. The van der Waals surface area contributed by atoms with E-state index in [4.69, 9.17) is 15.1 Å². The summed E-state index contributed by atoms with van der Waals surface area (Å²) in [7, 11) is 0. The third-order valence-corrected chi connectivity index (χ3v) is 7.19. The molecule has 3 aromatic heterocycles. The van der Waals surface area contributed by atoms with E-state index in [2.05, 4.69) is 91.5 Å². The molecule has 2 aromatic carbocycles. The van der Waals surface area contributed by atoms with Gasteiger partial charge >= 0.3 is 0 Å². The molecule has 0 unspecified atom stereocenters. The van der Waals surface area contributed by atoms with Gasteiger partial charge in [-0.15, -0.1) is 5.10 Å². The molecule has 0 aliphatic carbocycles. The normalized spacial score (nSPS) is 14.9. The molecular formula is C29H31N6+. The van der Waals surface area contributed by atoms with Crippen LogP contribution in [0.5, 0.6) is 0 Å². The summed E-state index contributed by atoms with van der Waals surface area (Å²) >= 11 is 0. The summed E-state index contributed by atoms with van der Waals surface area (Å²) in [5.74, 6) is 1.11. The van der Waals surface area contributed by atoms with E-state index in [1.54, 1.807) is 4.90 Å². The zero-order valence-electron chi connectivity index (χ0n) is 20.6. The van der Waals surface area contributed by atoms with Crippen LogP contribution in [0.25, 0.3) is 16.7 Å². The van der Waals surface area contributed by atoms with Crippen molar-refractivity contribution in [1.29, 1.82) is 0 Å². The number of hydrogen-bond donors (Lipinski definition) is 1. The van der Waals surface area contributed by atoms with Crippen molar-refractivity contribution < 1.29 is 4.90 Å². The van der Waals surface area contributed by atoms with E-state index in [9.17, 15) is 0 Å². The molecule has 0 saturated carbocycles. The van der Waals surface area contributed by atoms with E-state index in [1.807, 2.05) is 11.4 Å². The molecule has 4 heterocycles. The molecule has 176 valence electrons. The molecule has 5 aromatic rings. The highest BCUT2D eigenvalue weighted by Gasteiger charge is 2.31. The van der Waals surface area contributed by atoms with Crippen molar-refractivity contribution in [1.82, 2.24) is 19.6 Å². The molecule has 0 radical (unpaired) electrons. The van der Waals surface area contributed by atoms with Crippen molar-refractivity contribution in [2.75, 3.05) is 31.1 Å². The van der Waals surface area contributed by atoms with E-state index in [0.717, 1.165) is 60.1 Å². The highest BCUT2D eigenvalue weighted by molar-refractivity contribution is 5.93. The largest absolute Gasteiger partial charge is 0.345 e. The first-order valence-corrected chi connectivity index (χ1v) is 12.4. The van der Waals surface area contributed by atoms with Crippen LogP contribution in [0.1, 0.15) is 34.1 Å². The summed E-state index contributed by atoms with van der Waals surface area (Å²) in [6, 6.07) is 26.5. The maximum Gasteiger partial charge on any atom is 0.184 e. The minimum Gasteiger partial charge on any atom is -0.345 e. The Morgan fingerprint density at radius 2 is 1.37 bits per heavy atom. The lowest BCUT2D eigenvalue weighted by Gasteiger charge is -2.38. The molecule has 1 aliphatic heterocycles. The van der Waals surface area contributed by atoms with Gasteiger partial charge in [-0.25, -0.2) is 9.97 Å². The van der Waals surface area contributed by atoms with Crippen molar-refractivity contribution in [3.8, 4) is 0 Å². The summed E-state index contributed by atoms with van der Waals surface area (Å²) in [5, 5.41) is 5.95. The van der Waals surface area contributed by atoms with Gasteiger partial charge in [-0.2, -0.15) is 4.52 Å². The number of piperazine rings is 1. The molecule has 6 nitrogen and oxygen atoms in total. The topological polar surface area (TPSA) is 50.8 Å². The van der Waals surface area contributed by atoms with E-state index in [0.29, 0.717) is 6.04 Å². The van der Waals surface area contributed by atoms with Crippen LogP contribution >= 0.6 is 0 Å². The minimum absolute atomic E-state index is 0.334. The zero-order chi connectivity index (χ0) is 23.9. The summed E-state index contributed by atoms with van der Waals surface area (Å²) in [4.78, 5) is 13.6. The maximum absolute atomic E-state index is 4.90. The van der Waals surface area contributed by atoms with Gasteiger partial charge < -0.3 is 9.80 Å². The Morgan fingerprint density at radius 3 is 2.00 bits per heavy atom. The van der Waals surface area contributed by atoms with Crippen LogP contribution < -0.4 is 9.80 Å². The van der Waals surface area contributed by atoms with Crippen molar-refractivity contribution >= 4 is 22.5 Å². The average molecular weight is 464 g/mol. The standard InChI is InChI=1S/C29H30N6/c1-20-18-21(2)30-28-26(20)29-31-22(3)19-25(35(29)32-28)33-14-16-34(17-15-33)27(23-10-6-4-7-11-23)24-12-8-5-9-13-24/h4-13,18-19,27H,14-17H2,1-3H3/p+1. The quantitative estimate of drug-likeness (QED) is 0.442. The molecule has 1 saturated heterocycles. The van der Waals surface area contributed by atoms with Crippen molar-refractivity contribution in [3.05, 3.63) is 101 Å². The van der Waals surface area contributed by atoms with Crippen LogP contribution in [0.4, 0.5) is 5.82 Å². The average Bonchev–Trinajstić information content (AvgIpc) is 3.24. The molecule has 6 heteroatoms. The second-order valence-electron chi connectivity index (χ2n) is 9.67. The number of hydrogen-bond acceptors (Lipinski definition) is 4. The van der Waals surface area contributed by atoms with Crippen molar-refractivity contribution in [2.45, 2.75) is 26.8 Å². The fraction of sp³-hybridized carbons (Fsp3) is 0.276. The first-order valence-electron chi connectivity index (χ1n) is 12.4. The van der Waals surface area contributed by atoms with E-state index in [-0.39, 0.29) is 0 Å². The van der Waals surface area contributed by atoms with E-state index in [1.165, 1.54) is 16.7 Å². The Balaban J connectivity index is 1.34. The van der Waals surface area contributed by atoms with Gasteiger partial charge in [0.25, 0.3) is 0 Å². The first-order chi connectivity index (χ1) is 17.1. The number of aryl methyl sites for hydroxylation is 3. The number of pyridine rings is 1. The fourth-order valence-corrected chi connectivity index (χ4v) is 5.62. The maximum atomic E-state index is 4.90. The smallest absolute Gasteiger partial charge is 0.184 e. The predicted molar refractivity (Wildman–Crippen MR) is 140 cm³/mol. The Labute approximate surface area is 205 Å². The number of nitrogens with one attached hydrogen (secondary N) is 1. The lowest BCUT2D eigenvalue weighted by atomic mass is 9.96. The van der Waals surface area contributed by atoms with Crippen LogP contribution in [0, 0.1) is 20.8 Å². The number of anilines is 1. The summed E-state index contributed by atoms with van der Waals surface area (Å²) in [5.41, 5.74) is 7.60. The number of aromatic nitrogens is 4. The molecule has 0 atom stereocenters. The third-order valence-electron chi connectivity index (χ3n) is 7.19. The second-order valence-corrected chi connectivity index (χ2v) is 9.67. The van der Waals surface area contributed by atoms with Gasteiger partial charge in [0.2, 0.25) is 0 Å². The van der Waals surface area contributed by atoms with Crippen LogP contribution in [-0.4, -0.2) is 45.8 Å². The van der Waals surface area contributed by atoms with Gasteiger partial charge in [0.1, 0.15) is 11.9 Å². The first kappa shape index (κ1) is 21.7. The van der Waals surface area contributed by atoms with Gasteiger partial charge in [0.15, 0.2) is 11.3 Å². The lowest BCUT2D eigenvalue weighted by Crippen LogP contribution is -3.15. The number of benzene rings is 2. The minimum atomic E-state index is 0.334. The van der Waals surface area contributed by atoms with Gasteiger partial charge in [0, 0.05) is 28.6 Å². The van der Waals surface area contributed by atoms with Crippen LogP contribution in [0.3, 0.4) is 0 Å². The SMILES string of the molecule is Cc1cc(C)c2c(n1)nn1c(N3CC[NH+](C(c4ccccc4)c4ccccc4)CC3)cc(C)nc21. The monoisotopic (exact) mass is 463 g/mol. The molecule has 0 bridgehead atoms. The molecule has 1 N–H and O–H groups in total. The lowest BCUT2D eigenvalue weighted by molar-refractivity contribution is -0.926. The summed E-state index contributed by atoms with van der Waals surface area (Å²) in [6.45, 7) is 10.2. The molecule has 6 rings (SSSR count). The second kappa shape index (κ2) is 8.78. The van der Waals surface area contributed by atoms with Crippen LogP contribution in [0.2, 0.25) is 0 Å². The van der Waals surface area contributed by atoms with Gasteiger partial charge in [-0.1, -0.05) is 60.7 Å². The summed E-state index contributed by atoms with van der Waals surface area (Å²) in [6.07, 6.45) is 0. The molecule has 0 spiro atoms. The zero-order valence-corrected chi connectivity index (χ0v) is 20.6. The number of rotatable bonds is 4. The van der Waals surface area contributed by atoms with Gasteiger partial charge in [0.05, 0.1) is 31.6 Å². The Morgan fingerprint density at radius 1 is 0.771 bits per heavy atom. The van der Waals surface area contributed by atoms with Crippen molar-refractivity contribution in [2.24, 2.45) is 0 Å². The van der Waals surface area contributed by atoms with Gasteiger partial charge in [-0.3, -0.25) is 0 Å². The molecule has 0 amide bonds. The van der Waals surface area contributed by atoms with E-state index >= 15 is 0 Å². The highest BCUT2D eigenvalue weighted by Crippen LogP contribution is 2.27. The number of fused-ring (bicyclic) bond motifs is 3. The molecule has 1 aliphatic rings. The number of quaternary nitrogens is 1. The van der Waals surface area contributed by atoms with E-state index < -0.39 is 0 Å². The summed E-state index contributed by atoms with van der Waals surface area (Å²) < 4.78 is 2.01. The Bertz CT molecular complexity index is 1440. The molecule has 35 heavy (non-hydrogen) atoms. The van der Waals surface area contributed by atoms with Crippen LogP contribution in [0.15, 0.2) is 72.8 Å². The molecular weight excluding hydrogens is 432 g/mol. The van der Waals surface area contributed by atoms with Crippen LogP contribution in [-0.2, 0) is 0 Å².